The highest BCUT2D eigenvalue weighted by atomic mass is 16.3. The molecule has 2 heteroatoms. The standard InChI is InChI=1S/C65H43NO/c1-4-14-43(15-5-1)45-24-32-53(33-25-45)66(54-34-26-46(27-35-54)44-16-6-2-7-17-44)55-36-28-47(29-37-55)49-30-39-59-61(42-49)58-22-12-13-23-60(58)65-63(59)62(48-18-8-3-9-19-48)64(67-65)51-31-38-57-52(41-51)40-50-20-10-11-21-56(50)57/h1-39,41-42H,40H2. The Kier molecular flexibility index (Phi) is 9.28. The third-order valence-corrected chi connectivity index (χ3v) is 13.7. The van der Waals surface area contributed by atoms with E-state index in [0.29, 0.717) is 0 Å². The van der Waals surface area contributed by atoms with Crippen LogP contribution in [0.1, 0.15) is 11.1 Å². The summed E-state index contributed by atoms with van der Waals surface area (Å²) in [7, 11) is 0. The van der Waals surface area contributed by atoms with Crippen LogP contribution in [-0.4, -0.2) is 0 Å². The lowest BCUT2D eigenvalue weighted by molar-refractivity contribution is 0.636. The van der Waals surface area contributed by atoms with Crippen LogP contribution in [-0.2, 0) is 6.42 Å². The summed E-state index contributed by atoms with van der Waals surface area (Å²) < 4.78 is 7.17. The summed E-state index contributed by atoms with van der Waals surface area (Å²) in [5.41, 5.74) is 20.1. The molecular formula is C65H43NO. The Morgan fingerprint density at radius 2 is 0.761 bits per heavy atom. The molecule has 12 aromatic rings. The maximum Gasteiger partial charge on any atom is 0.143 e. The average molecular weight is 854 g/mol. The number of fused-ring (bicyclic) bond motifs is 9. The van der Waals surface area contributed by atoms with E-state index in [9.17, 15) is 0 Å². The lowest BCUT2D eigenvalue weighted by atomic mass is 9.90. The van der Waals surface area contributed by atoms with Gasteiger partial charge in [-0.1, -0.05) is 200 Å². The summed E-state index contributed by atoms with van der Waals surface area (Å²) in [5.74, 6) is 0.909. The van der Waals surface area contributed by atoms with E-state index in [4.69, 9.17) is 4.42 Å². The molecule has 0 aliphatic heterocycles. The maximum absolute atomic E-state index is 7.17. The molecule has 314 valence electrons. The zero-order valence-electron chi connectivity index (χ0n) is 36.7. The summed E-state index contributed by atoms with van der Waals surface area (Å²) >= 11 is 0. The first-order valence-electron chi connectivity index (χ1n) is 23.1. The summed E-state index contributed by atoms with van der Waals surface area (Å²) in [5, 5.41) is 5.82. The van der Waals surface area contributed by atoms with Gasteiger partial charge in [0, 0.05) is 39.0 Å². The fourth-order valence-electron chi connectivity index (χ4n) is 10.4. The van der Waals surface area contributed by atoms with Crippen molar-refractivity contribution in [3.05, 3.63) is 260 Å². The summed E-state index contributed by atoms with van der Waals surface area (Å²) in [4.78, 5) is 2.35. The molecule has 13 rings (SSSR count). The SMILES string of the molecule is c1ccc(-c2ccc(N(c3ccc(-c4ccccc4)cc3)c3ccc(-c4ccc5c(c4)c4ccccc4c4oc(-c6ccc7c(c6)Cc6ccccc6-7)c(-c6ccccc6)c54)cc3)cc2)cc1. The molecule has 1 aliphatic carbocycles. The molecule has 0 saturated heterocycles. The highest BCUT2D eigenvalue weighted by Gasteiger charge is 2.25. The van der Waals surface area contributed by atoms with Crippen molar-refractivity contribution in [1.29, 1.82) is 0 Å². The lowest BCUT2D eigenvalue weighted by Crippen LogP contribution is -2.09. The van der Waals surface area contributed by atoms with Gasteiger partial charge in [0.05, 0.1) is 0 Å². The van der Waals surface area contributed by atoms with Crippen LogP contribution < -0.4 is 4.90 Å². The van der Waals surface area contributed by atoms with E-state index in [0.717, 1.165) is 73.4 Å². The molecule has 1 aliphatic rings. The van der Waals surface area contributed by atoms with Crippen LogP contribution >= 0.6 is 0 Å². The van der Waals surface area contributed by atoms with Gasteiger partial charge in [-0.15, -0.1) is 0 Å². The molecule has 11 aromatic carbocycles. The predicted molar refractivity (Wildman–Crippen MR) is 281 cm³/mol. The van der Waals surface area contributed by atoms with Gasteiger partial charge in [0.2, 0.25) is 0 Å². The van der Waals surface area contributed by atoms with E-state index in [2.05, 4.69) is 254 Å². The molecule has 0 radical (unpaired) electrons. The van der Waals surface area contributed by atoms with Crippen LogP contribution in [0.2, 0.25) is 0 Å². The lowest BCUT2D eigenvalue weighted by Gasteiger charge is -2.26. The zero-order chi connectivity index (χ0) is 44.3. The van der Waals surface area contributed by atoms with Crippen molar-refractivity contribution in [2.75, 3.05) is 4.90 Å². The second kappa shape index (κ2) is 16.1. The number of anilines is 3. The minimum absolute atomic E-state index is 0.909. The van der Waals surface area contributed by atoms with Crippen LogP contribution in [0.4, 0.5) is 17.1 Å². The van der Waals surface area contributed by atoms with E-state index < -0.39 is 0 Å². The Balaban J connectivity index is 0.922. The summed E-state index contributed by atoms with van der Waals surface area (Å²) in [6.07, 6.45) is 0.928. The molecule has 0 atom stereocenters. The number of furan rings is 1. The zero-order valence-corrected chi connectivity index (χ0v) is 36.7. The molecule has 0 amide bonds. The van der Waals surface area contributed by atoms with Gasteiger partial charge in [0.25, 0.3) is 0 Å². The fourth-order valence-corrected chi connectivity index (χ4v) is 10.4. The van der Waals surface area contributed by atoms with Gasteiger partial charge in [-0.2, -0.15) is 0 Å². The van der Waals surface area contributed by atoms with Crippen LogP contribution in [0.15, 0.2) is 253 Å². The Bertz CT molecular complexity index is 3690. The highest BCUT2D eigenvalue weighted by molar-refractivity contribution is 6.29. The normalized spacial score (nSPS) is 11.8. The molecule has 1 heterocycles. The van der Waals surface area contributed by atoms with Gasteiger partial charge in [0.1, 0.15) is 11.3 Å². The van der Waals surface area contributed by atoms with E-state index in [-0.39, 0.29) is 0 Å². The van der Waals surface area contributed by atoms with Gasteiger partial charge in [0.15, 0.2) is 0 Å². The quantitative estimate of drug-likeness (QED) is 0.142. The summed E-state index contributed by atoms with van der Waals surface area (Å²) in [6.45, 7) is 0. The van der Waals surface area contributed by atoms with Crippen LogP contribution in [0.3, 0.4) is 0 Å². The topological polar surface area (TPSA) is 16.4 Å². The van der Waals surface area contributed by atoms with Crippen molar-refractivity contribution < 1.29 is 4.42 Å². The monoisotopic (exact) mass is 853 g/mol. The fraction of sp³-hybridized carbons (Fsp3) is 0.0154. The van der Waals surface area contributed by atoms with E-state index in [1.807, 2.05) is 0 Å². The van der Waals surface area contributed by atoms with E-state index in [1.165, 1.54) is 60.7 Å². The minimum Gasteiger partial charge on any atom is -0.455 e. The second-order valence-electron chi connectivity index (χ2n) is 17.6. The smallest absolute Gasteiger partial charge is 0.143 e. The van der Waals surface area contributed by atoms with Crippen molar-refractivity contribution in [3.8, 4) is 67.0 Å². The molecule has 0 bridgehead atoms. The molecule has 1 aromatic heterocycles. The predicted octanol–water partition coefficient (Wildman–Crippen LogP) is 18.1. The molecular weight excluding hydrogens is 811 g/mol. The largest absolute Gasteiger partial charge is 0.455 e. The van der Waals surface area contributed by atoms with Crippen LogP contribution in [0.5, 0.6) is 0 Å². The molecule has 2 nitrogen and oxygen atoms in total. The molecule has 0 fully saturated rings. The van der Waals surface area contributed by atoms with E-state index in [1.54, 1.807) is 0 Å². The van der Waals surface area contributed by atoms with E-state index >= 15 is 0 Å². The Morgan fingerprint density at radius 1 is 0.299 bits per heavy atom. The van der Waals surface area contributed by atoms with Gasteiger partial charge < -0.3 is 9.32 Å². The van der Waals surface area contributed by atoms with Crippen LogP contribution in [0, 0.1) is 0 Å². The first-order valence-corrected chi connectivity index (χ1v) is 23.1. The van der Waals surface area contributed by atoms with Crippen molar-refractivity contribution in [1.82, 2.24) is 0 Å². The Labute approximate surface area is 390 Å². The van der Waals surface area contributed by atoms with Gasteiger partial charge in [-0.05, 0) is 132 Å². The minimum atomic E-state index is 0.909. The third kappa shape index (κ3) is 6.73. The van der Waals surface area contributed by atoms with Crippen LogP contribution in [0.25, 0.3) is 99.5 Å². The van der Waals surface area contributed by atoms with Gasteiger partial charge in [-0.25, -0.2) is 0 Å². The molecule has 0 unspecified atom stereocenters. The average Bonchev–Trinajstić information content (AvgIpc) is 4.00. The molecule has 67 heavy (non-hydrogen) atoms. The van der Waals surface area contributed by atoms with Crippen molar-refractivity contribution >= 4 is 49.6 Å². The third-order valence-electron chi connectivity index (χ3n) is 13.7. The number of benzene rings is 11. The van der Waals surface area contributed by atoms with Crippen molar-refractivity contribution in [2.45, 2.75) is 6.42 Å². The number of hydrogen-bond donors (Lipinski definition) is 0. The van der Waals surface area contributed by atoms with Crippen molar-refractivity contribution in [3.63, 3.8) is 0 Å². The molecule has 0 N–H and O–H groups in total. The molecule has 0 spiro atoms. The maximum atomic E-state index is 7.17. The highest BCUT2D eigenvalue weighted by Crippen LogP contribution is 2.49. The number of rotatable bonds is 8. The van der Waals surface area contributed by atoms with Crippen molar-refractivity contribution in [2.24, 2.45) is 0 Å². The Morgan fingerprint density at radius 3 is 1.37 bits per heavy atom. The number of nitrogens with zero attached hydrogens (tertiary/aromatic N) is 1. The van der Waals surface area contributed by atoms with Gasteiger partial charge >= 0.3 is 0 Å². The second-order valence-corrected chi connectivity index (χ2v) is 17.6. The molecule has 0 saturated carbocycles. The Hall–Kier alpha value is -8.72. The number of hydrogen-bond acceptors (Lipinski definition) is 2. The van der Waals surface area contributed by atoms with Gasteiger partial charge in [-0.3, -0.25) is 0 Å². The summed E-state index contributed by atoms with van der Waals surface area (Å²) in [6, 6.07) is 90.1. The first-order chi connectivity index (χ1) is 33.2. The first kappa shape index (κ1) is 38.7.